The maximum atomic E-state index is 12.1. The van der Waals surface area contributed by atoms with Crippen LogP contribution in [0.1, 0.15) is 42.2 Å². The number of rotatable bonds is 7. The molecule has 0 aliphatic heterocycles. The van der Waals surface area contributed by atoms with Crippen LogP contribution >= 0.6 is 11.6 Å². The average molecular weight is 332 g/mol. The van der Waals surface area contributed by atoms with Crippen molar-refractivity contribution in [1.29, 1.82) is 0 Å². The summed E-state index contributed by atoms with van der Waals surface area (Å²) in [6.45, 7) is 4.80. The first-order valence-electron chi connectivity index (χ1n) is 7.87. The molecule has 0 radical (unpaired) electrons. The highest BCUT2D eigenvalue weighted by atomic mass is 35.5. The largest absolute Gasteiger partial charge is 0.355 e. The Hall–Kier alpha value is -2.07. The molecule has 122 valence electrons. The molecule has 2 rings (SSSR count). The molecule has 0 spiro atoms. The van der Waals surface area contributed by atoms with Crippen molar-refractivity contribution >= 4 is 28.9 Å². The van der Waals surface area contributed by atoms with Crippen LogP contribution in [0.4, 0.5) is 11.4 Å². The number of carbonyl (C=O) groups is 1. The molecule has 0 fully saturated rings. The van der Waals surface area contributed by atoms with E-state index in [1.54, 1.807) is 12.3 Å². The summed E-state index contributed by atoms with van der Waals surface area (Å²) in [5.41, 5.74) is 3.23. The van der Waals surface area contributed by atoms with Gasteiger partial charge in [-0.05, 0) is 49.2 Å². The molecule has 2 aromatic rings. The molecule has 1 aromatic heterocycles. The lowest BCUT2D eigenvalue weighted by Crippen LogP contribution is -2.25. The van der Waals surface area contributed by atoms with Gasteiger partial charge >= 0.3 is 0 Å². The van der Waals surface area contributed by atoms with Crippen molar-refractivity contribution in [1.82, 2.24) is 10.3 Å². The van der Waals surface area contributed by atoms with Crippen LogP contribution in [0, 0.1) is 6.92 Å². The zero-order valence-corrected chi connectivity index (χ0v) is 14.3. The van der Waals surface area contributed by atoms with Crippen LogP contribution in [0.15, 0.2) is 36.5 Å². The summed E-state index contributed by atoms with van der Waals surface area (Å²) < 4.78 is 0. The van der Waals surface area contributed by atoms with Crippen LogP contribution in [0.25, 0.3) is 0 Å². The van der Waals surface area contributed by atoms with Crippen LogP contribution in [0.3, 0.4) is 0 Å². The van der Waals surface area contributed by atoms with Gasteiger partial charge in [0.1, 0.15) is 5.69 Å². The van der Waals surface area contributed by atoms with Gasteiger partial charge < -0.3 is 10.6 Å². The molecule has 1 heterocycles. The van der Waals surface area contributed by atoms with Crippen molar-refractivity contribution in [3.63, 3.8) is 0 Å². The number of unbranched alkanes of at least 4 members (excludes halogenated alkanes) is 2. The fourth-order valence-electron chi connectivity index (χ4n) is 2.22. The number of pyridine rings is 1. The molecule has 0 atom stereocenters. The topological polar surface area (TPSA) is 54.0 Å². The van der Waals surface area contributed by atoms with Crippen molar-refractivity contribution in [3.05, 3.63) is 52.8 Å². The van der Waals surface area contributed by atoms with Gasteiger partial charge in [-0.1, -0.05) is 31.4 Å². The molecule has 5 heteroatoms. The summed E-state index contributed by atoms with van der Waals surface area (Å²) in [5, 5.41) is 6.89. The lowest BCUT2D eigenvalue weighted by atomic mass is 10.2. The first kappa shape index (κ1) is 17.3. The predicted octanol–water partition coefficient (Wildman–Crippen LogP) is 4.71. The van der Waals surface area contributed by atoms with Gasteiger partial charge in [-0.15, -0.1) is 0 Å². The van der Waals surface area contributed by atoms with Crippen LogP contribution in [0.5, 0.6) is 0 Å². The van der Waals surface area contributed by atoms with Crippen molar-refractivity contribution < 1.29 is 4.79 Å². The molecule has 0 saturated heterocycles. The number of carbonyl (C=O) groups excluding carboxylic acids is 1. The van der Waals surface area contributed by atoms with Crippen molar-refractivity contribution in [3.8, 4) is 0 Å². The molecule has 0 bridgehead atoms. The zero-order valence-electron chi connectivity index (χ0n) is 13.5. The normalized spacial score (nSPS) is 10.4. The SMILES string of the molecule is CCCCCNC(=O)c1cc(Nc2ccc(Cl)cc2C)ccn1. The van der Waals surface area contributed by atoms with E-state index in [4.69, 9.17) is 11.6 Å². The Morgan fingerprint density at radius 3 is 2.78 bits per heavy atom. The number of nitrogens with zero attached hydrogens (tertiary/aromatic N) is 1. The molecule has 0 aliphatic rings. The standard InChI is InChI=1S/C18H22ClN3O/c1-3-4-5-9-21-18(23)17-12-15(8-10-20-17)22-16-7-6-14(19)11-13(16)2/h6-8,10-12H,3-5,9H2,1-2H3,(H,20,22)(H,21,23). The second kappa shape index (κ2) is 8.53. The van der Waals surface area contributed by atoms with Crippen LogP contribution in [-0.4, -0.2) is 17.4 Å². The third kappa shape index (κ3) is 5.25. The smallest absolute Gasteiger partial charge is 0.269 e. The number of halogens is 1. The average Bonchev–Trinajstić information content (AvgIpc) is 2.54. The number of anilines is 2. The Morgan fingerprint density at radius 1 is 1.22 bits per heavy atom. The number of nitrogens with one attached hydrogen (secondary N) is 2. The highest BCUT2D eigenvalue weighted by Gasteiger charge is 2.08. The number of hydrogen-bond donors (Lipinski definition) is 2. The third-order valence-electron chi connectivity index (χ3n) is 3.53. The lowest BCUT2D eigenvalue weighted by molar-refractivity contribution is 0.0948. The minimum atomic E-state index is -0.141. The van der Waals surface area contributed by atoms with Gasteiger partial charge in [0.2, 0.25) is 0 Å². The molecule has 2 N–H and O–H groups in total. The Balaban J connectivity index is 2.03. The third-order valence-corrected chi connectivity index (χ3v) is 3.76. The van der Waals surface area contributed by atoms with Gasteiger partial charge in [-0.25, -0.2) is 0 Å². The van der Waals surface area contributed by atoms with E-state index in [0.717, 1.165) is 36.2 Å². The number of amides is 1. The molecule has 1 amide bonds. The van der Waals surface area contributed by atoms with Gasteiger partial charge in [0, 0.05) is 29.1 Å². The fraction of sp³-hybridized carbons (Fsp3) is 0.333. The molecule has 23 heavy (non-hydrogen) atoms. The minimum Gasteiger partial charge on any atom is -0.355 e. The Morgan fingerprint density at radius 2 is 2.04 bits per heavy atom. The number of benzene rings is 1. The van der Waals surface area contributed by atoms with Crippen LogP contribution in [-0.2, 0) is 0 Å². The van der Waals surface area contributed by atoms with E-state index in [2.05, 4.69) is 22.5 Å². The summed E-state index contributed by atoms with van der Waals surface area (Å²) in [6, 6.07) is 9.24. The van der Waals surface area contributed by atoms with Gasteiger partial charge in [-0.2, -0.15) is 0 Å². The van der Waals surface area contributed by atoms with Gasteiger partial charge in [-0.3, -0.25) is 9.78 Å². The van der Waals surface area contributed by atoms with Gasteiger partial charge in [0.25, 0.3) is 5.91 Å². The number of aromatic nitrogens is 1. The van der Waals surface area contributed by atoms with E-state index >= 15 is 0 Å². The number of aryl methyl sites for hydroxylation is 1. The fourth-order valence-corrected chi connectivity index (χ4v) is 2.45. The van der Waals surface area contributed by atoms with E-state index in [-0.39, 0.29) is 5.91 Å². The van der Waals surface area contributed by atoms with Gasteiger partial charge in [0.15, 0.2) is 0 Å². The molecule has 0 saturated carbocycles. The van der Waals surface area contributed by atoms with E-state index in [1.807, 2.05) is 31.2 Å². The Kier molecular flexibility index (Phi) is 6.41. The quantitative estimate of drug-likeness (QED) is 0.722. The monoisotopic (exact) mass is 331 g/mol. The first-order chi connectivity index (χ1) is 11.1. The maximum Gasteiger partial charge on any atom is 0.269 e. The van der Waals surface area contributed by atoms with Crippen molar-refractivity contribution in [2.75, 3.05) is 11.9 Å². The van der Waals surface area contributed by atoms with Crippen LogP contribution < -0.4 is 10.6 Å². The van der Waals surface area contributed by atoms with E-state index in [1.165, 1.54) is 0 Å². The molecule has 0 aliphatic carbocycles. The summed E-state index contributed by atoms with van der Waals surface area (Å²) in [6.07, 6.45) is 4.87. The first-order valence-corrected chi connectivity index (χ1v) is 8.25. The highest BCUT2D eigenvalue weighted by molar-refractivity contribution is 6.30. The molecule has 1 aromatic carbocycles. The maximum absolute atomic E-state index is 12.1. The predicted molar refractivity (Wildman–Crippen MR) is 95.6 cm³/mol. The van der Waals surface area contributed by atoms with Crippen molar-refractivity contribution in [2.24, 2.45) is 0 Å². The van der Waals surface area contributed by atoms with E-state index < -0.39 is 0 Å². The second-order valence-corrected chi connectivity index (χ2v) is 5.91. The van der Waals surface area contributed by atoms with Gasteiger partial charge in [0.05, 0.1) is 0 Å². The molecule has 0 unspecified atom stereocenters. The summed E-state index contributed by atoms with van der Waals surface area (Å²) in [7, 11) is 0. The highest BCUT2D eigenvalue weighted by Crippen LogP contribution is 2.23. The van der Waals surface area contributed by atoms with Crippen molar-refractivity contribution in [2.45, 2.75) is 33.1 Å². The summed E-state index contributed by atoms with van der Waals surface area (Å²) in [5.74, 6) is -0.141. The zero-order chi connectivity index (χ0) is 16.7. The molecular formula is C18H22ClN3O. The molecular weight excluding hydrogens is 310 g/mol. The molecule has 4 nitrogen and oxygen atoms in total. The van der Waals surface area contributed by atoms with Crippen LogP contribution in [0.2, 0.25) is 5.02 Å². The Labute approximate surface area is 142 Å². The van der Waals surface area contributed by atoms with E-state index in [0.29, 0.717) is 17.3 Å². The second-order valence-electron chi connectivity index (χ2n) is 5.48. The minimum absolute atomic E-state index is 0.141. The Bertz CT molecular complexity index is 673. The van der Waals surface area contributed by atoms with E-state index in [9.17, 15) is 4.79 Å². The lowest BCUT2D eigenvalue weighted by Gasteiger charge is -2.11. The summed E-state index contributed by atoms with van der Waals surface area (Å²) >= 11 is 5.97. The number of hydrogen-bond acceptors (Lipinski definition) is 3. The summed E-state index contributed by atoms with van der Waals surface area (Å²) in [4.78, 5) is 16.2.